The van der Waals surface area contributed by atoms with E-state index in [1.807, 2.05) is 6.92 Å². The van der Waals surface area contributed by atoms with Gasteiger partial charge in [-0.1, -0.05) is 6.07 Å². The van der Waals surface area contributed by atoms with Gasteiger partial charge in [0.2, 0.25) is 0 Å². The topological polar surface area (TPSA) is 46.9 Å². The van der Waals surface area contributed by atoms with Crippen LogP contribution in [0.2, 0.25) is 0 Å². The molecule has 0 saturated heterocycles. The molecule has 0 saturated carbocycles. The van der Waals surface area contributed by atoms with Crippen LogP contribution in [0.25, 0.3) is 0 Å². The Morgan fingerprint density at radius 2 is 2.30 bits per heavy atom. The number of aryl methyl sites for hydroxylation is 1. The van der Waals surface area contributed by atoms with Crippen LogP contribution in [0.3, 0.4) is 0 Å². The molecule has 0 amide bonds. The minimum atomic E-state index is -0.256. The molecule has 0 bridgehead atoms. The van der Waals surface area contributed by atoms with Gasteiger partial charge in [-0.05, 0) is 43.1 Å². The summed E-state index contributed by atoms with van der Waals surface area (Å²) in [5.74, 6) is -0.256. The third-order valence-corrected chi connectivity index (χ3v) is 3.71. The zero-order valence-corrected chi connectivity index (χ0v) is 11.3. The molecule has 2 aromatic rings. The van der Waals surface area contributed by atoms with Crippen molar-refractivity contribution in [2.24, 2.45) is 0 Å². The zero-order chi connectivity index (χ0) is 14.1. The van der Waals surface area contributed by atoms with E-state index in [2.05, 4.69) is 10.3 Å². The highest BCUT2D eigenvalue weighted by Crippen LogP contribution is 2.12. The zero-order valence-electron chi connectivity index (χ0n) is 11.3. The Labute approximate surface area is 116 Å². The lowest BCUT2D eigenvalue weighted by Gasteiger charge is -2.17. The number of hydrogen-bond donors (Lipinski definition) is 1. The number of nitrogens with zero attached hydrogens (tertiary/aromatic N) is 2. The third-order valence-electron chi connectivity index (χ3n) is 3.71. The van der Waals surface area contributed by atoms with E-state index < -0.39 is 0 Å². The van der Waals surface area contributed by atoms with Crippen molar-refractivity contribution in [2.75, 3.05) is 6.54 Å². The Morgan fingerprint density at radius 3 is 3.10 bits per heavy atom. The van der Waals surface area contributed by atoms with E-state index in [1.165, 1.54) is 12.1 Å². The van der Waals surface area contributed by atoms with Crippen LogP contribution in [0.5, 0.6) is 0 Å². The average molecular weight is 273 g/mol. The Hall–Kier alpha value is -2.01. The second-order valence-electron chi connectivity index (χ2n) is 5.10. The molecule has 4 nitrogen and oxygen atoms in total. The molecule has 1 aliphatic rings. The smallest absolute Gasteiger partial charge is 0.257 e. The number of nitrogens with one attached hydrogen (secondary N) is 1. The van der Waals surface area contributed by atoms with E-state index >= 15 is 0 Å². The van der Waals surface area contributed by atoms with Crippen LogP contribution >= 0.6 is 0 Å². The van der Waals surface area contributed by atoms with Gasteiger partial charge < -0.3 is 5.32 Å². The number of rotatable bonds is 2. The van der Waals surface area contributed by atoms with Crippen LogP contribution in [0.1, 0.15) is 22.4 Å². The fraction of sp³-hybridized carbons (Fsp3) is 0.333. The van der Waals surface area contributed by atoms with Crippen LogP contribution in [-0.2, 0) is 19.5 Å². The largest absolute Gasteiger partial charge is 0.311 e. The Balaban J connectivity index is 1.97. The molecule has 1 N–H and O–H groups in total. The highest BCUT2D eigenvalue weighted by molar-refractivity contribution is 5.27. The maximum absolute atomic E-state index is 13.1. The van der Waals surface area contributed by atoms with Crippen molar-refractivity contribution in [1.29, 1.82) is 0 Å². The molecule has 0 aliphatic carbocycles. The molecule has 0 fully saturated rings. The van der Waals surface area contributed by atoms with E-state index in [4.69, 9.17) is 0 Å². The first kappa shape index (κ1) is 13.0. The SMILES string of the molecule is Cc1cc(F)ccc1Cn1cnc2c(c1=O)CCNC2. The second-order valence-corrected chi connectivity index (χ2v) is 5.10. The van der Waals surface area contributed by atoms with Crippen LogP contribution in [0, 0.1) is 12.7 Å². The molecule has 1 aromatic heterocycles. The van der Waals surface area contributed by atoms with Crippen molar-refractivity contribution in [3.8, 4) is 0 Å². The van der Waals surface area contributed by atoms with Gasteiger partial charge in [0.25, 0.3) is 5.56 Å². The monoisotopic (exact) mass is 273 g/mol. The first-order valence-corrected chi connectivity index (χ1v) is 6.68. The second kappa shape index (κ2) is 5.17. The van der Waals surface area contributed by atoms with Gasteiger partial charge in [0.05, 0.1) is 18.6 Å². The van der Waals surface area contributed by atoms with Gasteiger partial charge in [-0.3, -0.25) is 9.36 Å². The summed E-state index contributed by atoms with van der Waals surface area (Å²) in [5.41, 5.74) is 3.43. The van der Waals surface area contributed by atoms with E-state index in [9.17, 15) is 9.18 Å². The molecular formula is C15H16FN3O. The van der Waals surface area contributed by atoms with Gasteiger partial charge in [-0.15, -0.1) is 0 Å². The molecule has 0 spiro atoms. The number of fused-ring (bicyclic) bond motifs is 1. The number of halogens is 1. The van der Waals surface area contributed by atoms with E-state index in [0.717, 1.165) is 28.9 Å². The summed E-state index contributed by atoms with van der Waals surface area (Å²) in [4.78, 5) is 16.8. The molecule has 1 aromatic carbocycles. The minimum absolute atomic E-state index is 0.0141. The van der Waals surface area contributed by atoms with Crippen molar-refractivity contribution in [3.63, 3.8) is 0 Å². The number of aromatic nitrogens is 2. The van der Waals surface area contributed by atoms with Crippen LogP contribution in [0.4, 0.5) is 4.39 Å². The maximum atomic E-state index is 13.1. The van der Waals surface area contributed by atoms with Gasteiger partial charge in [-0.2, -0.15) is 0 Å². The first-order valence-electron chi connectivity index (χ1n) is 6.68. The molecule has 0 radical (unpaired) electrons. The quantitative estimate of drug-likeness (QED) is 0.899. The summed E-state index contributed by atoms with van der Waals surface area (Å²) in [7, 11) is 0. The molecular weight excluding hydrogens is 257 g/mol. The van der Waals surface area contributed by atoms with E-state index in [-0.39, 0.29) is 11.4 Å². The lowest BCUT2D eigenvalue weighted by molar-refractivity contribution is 0.595. The lowest BCUT2D eigenvalue weighted by atomic mass is 10.1. The molecule has 104 valence electrons. The fourth-order valence-corrected chi connectivity index (χ4v) is 2.52. The maximum Gasteiger partial charge on any atom is 0.257 e. The van der Waals surface area contributed by atoms with Crippen LogP contribution in [-0.4, -0.2) is 16.1 Å². The lowest BCUT2D eigenvalue weighted by Crippen LogP contribution is -2.34. The number of hydrogen-bond acceptors (Lipinski definition) is 3. The predicted molar refractivity (Wildman–Crippen MR) is 74.1 cm³/mol. The Bertz CT molecular complexity index is 709. The average Bonchev–Trinajstić information content (AvgIpc) is 2.45. The van der Waals surface area contributed by atoms with Crippen molar-refractivity contribution in [2.45, 2.75) is 26.4 Å². The van der Waals surface area contributed by atoms with Crippen molar-refractivity contribution >= 4 is 0 Å². The molecule has 20 heavy (non-hydrogen) atoms. The molecule has 3 rings (SSSR count). The van der Waals surface area contributed by atoms with Crippen LogP contribution < -0.4 is 10.9 Å². The van der Waals surface area contributed by atoms with Gasteiger partial charge in [0.1, 0.15) is 5.82 Å². The standard InChI is InChI=1S/C15H16FN3O/c1-10-6-12(16)3-2-11(10)8-19-9-18-14-7-17-5-4-13(14)15(19)20/h2-3,6,9,17H,4-5,7-8H2,1H3. The first-order chi connectivity index (χ1) is 9.65. The van der Waals surface area contributed by atoms with E-state index in [0.29, 0.717) is 19.5 Å². The summed E-state index contributed by atoms with van der Waals surface area (Å²) in [6, 6.07) is 4.62. The normalized spacial score (nSPS) is 14.1. The van der Waals surface area contributed by atoms with E-state index in [1.54, 1.807) is 17.0 Å². The molecule has 1 aliphatic heterocycles. The van der Waals surface area contributed by atoms with Gasteiger partial charge in [0.15, 0.2) is 0 Å². The summed E-state index contributed by atoms with van der Waals surface area (Å²) in [5, 5.41) is 3.20. The van der Waals surface area contributed by atoms with Crippen molar-refractivity contribution in [1.82, 2.24) is 14.9 Å². The van der Waals surface area contributed by atoms with Gasteiger partial charge in [0, 0.05) is 12.1 Å². The predicted octanol–water partition coefficient (Wildman–Crippen LogP) is 1.38. The Kier molecular flexibility index (Phi) is 3.36. The van der Waals surface area contributed by atoms with Gasteiger partial charge >= 0.3 is 0 Å². The van der Waals surface area contributed by atoms with Crippen molar-refractivity contribution < 1.29 is 4.39 Å². The summed E-state index contributed by atoms with van der Waals surface area (Å²) >= 11 is 0. The minimum Gasteiger partial charge on any atom is -0.311 e. The fourth-order valence-electron chi connectivity index (χ4n) is 2.52. The molecule has 2 heterocycles. The summed E-state index contributed by atoms with van der Waals surface area (Å²) < 4.78 is 14.7. The highest BCUT2D eigenvalue weighted by Gasteiger charge is 2.15. The van der Waals surface area contributed by atoms with Gasteiger partial charge in [-0.25, -0.2) is 9.37 Å². The van der Waals surface area contributed by atoms with Crippen LogP contribution in [0.15, 0.2) is 29.3 Å². The summed E-state index contributed by atoms with van der Waals surface area (Å²) in [6.45, 7) is 3.74. The number of benzene rings is 1. The van der Waals surface area contributed by atoms with Crippen molar-refractivity contribution in [3.05, 3.63) is 63.1 Å². The Morgan fingerprint density at radius 1 is 1.45 bits per heavy atom. The molecule has 5 heteroatoms. The molecule has 0 unspecified atom stereocenters. The summed E-state index contributed by atoms with van der Waals surface area (Å²) in [6.07, 6.45) is 2.29. The third kappa shape index (κ3) is 2.36. The molecule has 0 atom stereocenters. The highest BCUT2D eigenvalue weighted by atomic mass is 19.1.